The highest BCUT2D eigenvalue weighted by atomic mass is 15.3. The zero-order valence-electron chi connectivity index (χ0n) is 8.01. The van der Waals surface area contributed by atoms with Gasteiger partial charge in [-0.15, -0.1) is 0 Å². The number of nitrogens with zero attached hydrogens (tertiary/aromatic N) is 2. The topological polar surface area (TPSA) is 27.6 Å². The van der Waals surface area contributed by atoms with Crippen LogP contribution in [0.1, 0.15) is 19.8 Å². The lowest BCUT2D eigenvalue weighted by molar-refractivity contribution is 0.443. The van der Waals surface area contributed by atoms with Gasteiger partial charge in [-0.1, -0.05) is 6.58 Å². The monoisotopic (exact) mass is 177 g/mol. The van der Waals surface area contributed by atoms with Crippen LogP contribution in [0.5, 0.6) is 0 Å². The maximum absolute atomic E-state index is 4.06. The lowest BCUT2D eigenvalue weighted by Crippen LogP contribution is -2.26. The fraction of sp³-hybridized carbons (Fsp3) is 0.500. The van der Waals surface area contributed by atoms with Crippen molar-refractivity contribution in [1.29, 1.82) is 0 Å². The van der Waals surface area contributed by atoms with E-state index in [4.69, 9.17) is 0 Å². The van der Waals surface area contributed by atoms with Gasteiger partial charge in [0.2, 0.25) is 0 Å². The molecule has 70 valence electrons. The van der Waals surface area contributed by atoms with E-state index in [0.717, 1.165) is 18.8 Å². The Hall–Kier alpha value is -1.25. The van der Waals surface area contributed by atoms with E-state index in [9.17, 15) is 0 Å². The van der Waals surface area contributed by atoms with Gasteiger partial charge in [0.1, 0.15) is 0 Å². The predicted octanol–water partition coefficient (Wildman–Crippen LogP) is 1.46. The highest BCUT2D eigenvalue weighted by molar-refractivity contribution is 5.81. The minimum absolute atomic E-state index is 0.921. The van der Waals surface area contributed by atoms with Crippen LogP contribution in [-0.4, -0.2) is 24.2 Å². The maximum atomic E-state index is 4.06. The zero-order chi connectivity index (χ0) is 9.26. The van der Waals surface area contributed by atoms with E-state index in [1.54, 1.807) is 0 Å². The first-order valence-corrected chi connectivity index (χ1v) is 4.73. The quantitative estimate of drug-likeness (QED) is 0.656. The molecule has 0 spiro atoms. The molecule has 13 heavy (non-hydrogen) atoms. The summed E-state index contributed by atoms with van der Waals surface area (Å²) in [5.74, 6) is 0. The molecular weight excluding hydrogens is 162 g/mol. The van der Waals surface area contributed by atoms with Crippen molar-refractivity contribution in [2.45, 2.75) is 19.8 Å². The molecule has 0 bridgehead atoms. The predicted molar refractivity (Wildman–Crippen MR) is 54.3 cm³/mol. The highest BCUT2D eigenvalue weighted by Crippen LogP contribution is 2.20. The Morgan fingerprint density at radius 2 is 2.15 bits per heavy atom. The summed E-state index contributed by atoms with van der Waals surface area (Å²) < 4.78 is 0. The summed E-state index contributed by atoms with van der Waals surface area (Å²) in [7, 11) is 0. The largest absolute Gasteiger partial charge is 0.370 e. The molecule has 2 rings (SSSR count). The standard InChI is InChI=1S/C10H15N3/c1-8-9(2)12-11-7-10(8)13-5-3-4-6-13/h7,12H,2-6H2,1H3. The Labute approximate surface area is 78.8 Å². The molecule has 0 atom stereocenters. The van der Waals surface area contributed by atoms with Crippen molar-refractivity contribution in [2.75, 3.05) is 13.1 Å². The minimum Gasteiger partial charge on any atom is -0.370 e. The Balaban J connectivity index is 2.24. The molecule has 0 radical (unpaired) electrons. The normalized spacial score (nSPS) is 22.5. The molecule has 0 unspecified atom stereocenters. The molecule has 0 aromatic carbocycles. The zero-order valence-corrected chi connectivity index (χ0v) is 8.01. The van der Waals surface area contributed by atoms with Crippen molar-refractivity contribution in [3.8, 4) is 0 Å². The summed E-state index contributed by atoms with van der Waals surface area (Å²) in [5.41, 5.74) is 6.25. The molecule has 1 fully saturated rings. The van der Waals surface area contributed by atoms with Crippen LogP contribution in [0.3, 0.4) is 0 Å². The first-order chi connectivity index (χ1) is 6.29. The molecule has 0 aliphatic carbocycles. The molecule has 2 heterocycles. The molecule has 1 N–H and O–H groups in total. The van der Waals surface area contributed by atoms with Crippen molar-refractivity contribution in [3.05, 3.63) is 23.5 Å². The Morgan fingerprint density at radius 3 is 2.85 bits per heavy atom. The fourth-order valence-corrected chi connectivity index (χ4v) is 1.78. The van der Waals surface area contributed by atoms with Crippen molar-refractivity contribution in [1.82, 2.24) is 10.3 Å². The van der Waals surface area contributed by atoms with Gasteiger partial charge in [0.25, 0.3) is 0 Å². The van der Waals surface area contributed by atoms with Crippen molar-refractivity contribution >= 4 is 6.21 Å². The van der Waals surface area contributed by atoms with Crippen molar-refractivity contribution in [3.63, 3.8) is 0 Å². The average molecular weight is 177 g/mol. The third kappa shape index (κ3) is 1.46. The first-order valence-electron chi connectivity index (χ1n) is 4.73. The first kappa shape index (κ1) is 8.35. The molecular formula is C10H15N3. The Morgan fingerprint density at radius 1 is 1.46 bits per heavy atom. The summed E-state index contributed by atoms with van der Waals surface area (Å²) in [6.07, 6.45) is 4.49. The smallest absolute Gasteiger partial charge is 0.0709 e. The van der Waals surface area contributed by atoms with E-state index in [0.29, 0.717) is 0 Å². The van der Waals surface area contributed by atoms with E-state index >= 15 is 0 Å². The number of hydrogen-bond acceptors (Lipinski definition) is 3. The summed E-state index contributed by atoms with van der Waals surface area (Å²) in [5, 5.41) is 4.06. The van der Waals surface area contributed by atoms with Gasteiger partial charge in [-0.05, 0) is 25.3 Å². The van der Waals surface area contributed by atoms with Crippen LogP contribution in [0.2, 0.25) is 0 Å². The van der Waals surface area contributed by atoms with E-state index in [-0.39, 0.29) is 0 Å². The Kier molecular flexibility index (Phi) is 2.08. The number of rotatable bonds is 1. The summed E-state index contributed by atoms with van der Waals surface area (Å²) in [4.78, 5) is 2.38. The molecule has 0 aromatic heterocycles. The summed E-state index contributed by atoms with van der Waals surface area (Å²) in [6, 6.07) is 0. The molecule has 2 aliphatic rings. The molecule has 3 nitrogen and oxygen atoms in total. The van der Waals surface area contributed by atoms with Gasteiger partial charge in [0, 0.05) is 13.1 Å². The molecule has 1 saturated heterocycles. The second-order valence-corrected chi connectivity index (χ2v) is 3.55. The van der Waals surface area contributed by atoms with Gasteiger partial charge >= 0.3 is 0 Å². The van der Waals surface area contributed by atoms with Gasteiger partial charge in [0.05, 0.1) is 17.6 Å². The lowest BCUT2D eigenvalue weighted by Gasteiger charge is -2.24. The Bertz CT molecular complexity index is 283. The molecule has 0 amide bonds. The maximum Gasteiger partial charge on any atom is 0.0709 e. The van der Waals surface area contributed by atoms with Crippen LogP contribution >= 0.6 is 0 Å². The number of likely N-dealkylation sites (tertiary alicyclic amines) is 1. The molecule has 0 aromatic rings. The van der Waals surface area contributed by atoms with Gasteiger partial charge in [0.15, 0.2) is 0 Å². The van der Waals surface area contributed by atoms with Gasteiger partial charge < -0.3 is 4.90 Å². The van der Waals surface area contributed by atoms with E-state index < -0.39 is 0 Å². The van der Waals surface area contributed by atoms with Crippen LogP contribution in [0.4, 0.5) is 0 Å². The third-order valence-corrected chi connectivity index (χ3v) is 2.67. The average Bonchev–Trinajstić information content (AvgIpc) is 2.62. The van der Waals surface area contributed by atoms with Gasteiger partial charge in [-0.2, -0.15) is 5.10 Å². The second-order valence-electron chi connectivity index (χ2n) is 3.55. The number of hydrazone groups is 1. The molecule has 3 heteroatoms. The van der Waals surface area contributed by atoms with Crippen LogP contribution in [0.25, 0.3) is 0 Å². The van der Waals surface area contributed by atoms with Gasteiger partial charge in [-0.3, -0.25) is 5.43 Å². The molecule has 2 aliphatic heterocycles. The van der Waals surface area contributed by atoms with Gasteiger partial charge in [-0.25, -0.2) is 0 Å². The second kappa shape index (κ2) is 3.24. The van der Waals surface area contributed by atoms with E-state index in [1.165, 1.54) is 24.1 Å². The van der Waals surface area contributed by atoms with Crippen LogP contribution < -0.4 is 5.43 Å². The van der Waals surface area contributed by atoms with Crippen LogP contribution in [-0.2, 0) is 0 Å². The highest BCUT2D eigenvalue weighted by Gasteiger charge is 2.18. The summed E-state index contributed by atoms with van der Waals surface area (Å²) in [6.45, 7) is 8.32. The van der Waals surface area contributed by atoms with Crippen molar-refractivity contribution in [2.24, 2.45) is 5.10 Å². The SMILES string of the molecule is C=C1NN=CC(N2CCCC2)=C1C. The number of hydrogen-bond donors (Lipinski definition) is 1. The molecule has 0 saturated carbocycles. The van der Waals surface area contributed by atoms with Crippen molar-refractivity contribution < 1.29 is 0 Å². The fourth-order valence-electron chi connectivity index (χ4n) is 1.78. The third-order valence-electron chi connectivity index (χ3n) is 2.67. The van der Waals surface area contributed by atoms with E-state index in [1.807, 2.05) is 6.21 Å². The minimum atomic E-state index is 0.921. The van der Waals surface area contributed by atoms with E-state index in [2.05, 4.69) is 28.9 Å². The number of allylic oxidation sites excluding steroid dienone is 2. The summed E-state index contributed by atoms with van der Waals surface area (Å²) >= 11 is 0. The van der Waals surface area contributed by atoms with Crippen LogP contribution in [0, 0.1) is 0 Å². The lowest BCUT2D eigenvalue weighted by atomic mass is 10.1. The number of nitrogens with one attached hydrogen (secondary N) is 1. The van der Waals surface area contributed by atoms with Crippen LogP contribution in [0.15, 0.2) is 28.6 Å².